The molecular formula is C8H7F3S. The van der Waals surface area contributed by atoms with Crippen molar-refractivity contribution in [1.82, 2.24) is 0 Å². The molecule has 0 heterocycles. The minimum atomic E-state index is -1.20. The molecule has 0 atom stereocenters. The smallest absolute Gasteiger partial charge is 0.172 e. The van der Waals surface area contributed by atoms with Gasteiger partial charge < -0.3 is 0 Å². The molecule has 0 nitrogen and oxygen atoms in total. The number of thiol groups is 1. The number of hydrogen-bond acceptors (Lipinski definition) is 1. The Morgan fingerprint density at radius 2 is 1.83 bits per heavy atom. The Morgan fingerprint density at radius 3 is 2.33 bits per heavy atom. The molecule has 12 heavy (non-hydrogen) atoms. The van der Waals surface area contributed by atoms with Gasteiger partial charge in [-0.1, -0.05) is 6.92 Å². The summed E-state index contributed by atoms with van der Waals surface area (Å²) in [5, 5.41) is 0. The monoisotopic (exact) mass is 192 g/mol. The third kappa shape index (κ3) is 1.43. The van der Waals surface area contributed by atoms with Crippen LogP contribution in [0.25, 0.3) is 0 Å². The second-order valence-electron chi connectivity index (χ2n) is 2.33. The molecule has 66 valence electrons. The van der Waals surface area contributed by atoms with Crippen molar-refractivity contribution < 1.29 is 13.2 Å². The van der Waals surface area contributed by atoms with Crippen molar-refractivity contribution in [1.29, 1.82) is 0 Å². The van der Waals surface area contributed by atoms with E-state index in [0.29, 0.717) is 12.5 Å². The van der Waals surface area contributed by atoms with Crippen molar-refractivity contribution >= 4 is 12.6 Å². The number of hydrogen-bond donors (Lipinski definition) is 1. The van der Waals surface area contributed by atoms with Gasteiger partial charge in [0.2, 0.25) is 0 Å². The van der Waals surface area contributed by atoms with Crippen molar-refractivity contribution in [2.45, 2.75) is 18.2 Å². The van der Waals surface area contributed by atoms with Crippen molar-refractivity contribution in [2.75, 3.05) is 0 Å². The molecule has 1 rings (SSSR count). The quantitative estimate of drug-likeness (QED) is 0.513. The summed E-state index contributed by atoms with van der Waals surface area (Å²) in [6, 6.07) is 0.536. The Hall–Kier alpha value is -0.640. The van der Waals surface area contributed by atoms with Crippen LogP contribution in [-0.4, -0.2) is 0 Å². The van der Waals surface area contributed by atoms with E-state index in [0.717, 1.165) is 0 Å². The zero-order valence-corrected chi connectivity index (χ0v) is 7.26. The van der Waals surface area contributed by atoms with Crippen molar-refractivity contribution in [2.24, 2.45) is 0 Å². The molecule has 0 radical (unpaired) electrons. The Kier molecular flexibility index (Phi) is 2.67. The average Bonchev–Trinajstić information content (AvgIpc) is 2.01. The van der Waals surface area contributed by atoms with Gasteiger partial charge in [-0.3, -0.25) is 0 Å². The molecule has 0 amide bonds. The first-order valence-electron chi connectivity index (χ1n) is 3.43. The van der Waals surface area contributed by atoms with Crippen LogP contribution in [0.5, 0.6) is 0 Å². The standard InChI is InChI=1S/C8H7F3S/c1-2-4-5(9)3-6(10)7(11)8(4)12/h3,12H,2H2,1H3. The second kappa shape index (κ2) is 3.39. The minimum Gasteiger partial charge on any atom is -0.207 e. The molecule has 0 N–H and O–H groups in total. The summed E-state index contributed by atoms with van der Waals surface area (Å²) in [6.07, 6.45) is 0.294. The van der Waals surface area contributed by atoms with Crippen LogP contribution in [-0.2, 0) is 6.42 Å². The highest BCUT2D eigenvalue weighted by molar-refractivity contribution is 7.80. The van der Waals surface area contributed by atoms with Crippen molar-refractivity contribution in [3.8, 4) is 0 Å². The lowest BCUT2D eigenvalue weighted by Gasteiger charge is -2.05. The molecule has 0 unspecified atom stereocenters. The predicted octanol–water partition coefficient (Wildman–Crippen LogP) is 2.96. The van der Waals surface area contributed by atoms with Gasteiger partial charge in [0.15, 0.2) is 11.6 Å². The molecule has 0 saturated heterocycles. The molecule has 0 bridgehead atoms. The summed E-state index contributed by atoms with van der Waals surface area (Å²) < 4.78 is 38.1. The number of benzene rings is 1. The maximum absolute atomic E-state index is 12.8. The summed E-state index contributed by atoms with van der Waals surface area (Å²) >= 11 is 3.68. The van der Waals surface area contributed by atoms with Gasteiger partial charge in [0, 0.05) is 16.5 Å². The van der Waals surface area contributed by atoms with Crippen LogP contribution in [0.1, 0.15) is 12.5 Å². The number of rotatable bonds is 1. The molecule has 0 spiro atoms. The van der Waals surface area contributed by atoms with Crippen molar-refractivity contribution in [3.05, 3.63) is 29.1 Å². The molecular weight excluding hydrogens is 185 g/mol. The fraction of sp³-hybridized carbons (Fsp3) is 0.250. The Balaban J connectivity index is 3.40. The normalized spacial score (nSPS) is 10.4. The zero-order valence-electron chi connectivity index (χ0n) is 6.37. The Bertz CT molecular complexity index is 310. The molecule has 0 aliphatic rings. The van der Waals surface area contributed by atoms with Crippen molar-refractivity contribution in [3.63, 3.8) is 0 Å². The van der Waals surface area contributed by atoms with Crippen LogP contribution in [0, 0.1) is 17.5 Å². The lowest BCUT2D eigenvalue weighted by molar-refractivity contribution is 0.471. The first-order chi connectivity index (χ1) is 5.57. The van der Waals surface area contributed by atoms with Gasteiger partial charge in [0.25, 0.3) is 0 Å². The van der Waals surface area contributed by atoms with Crippen LogP contribution < -0.4 is 0 Å². The van der Waals surface area contributed by atoms with Gasteiger partial charge in [0.1, 0.15) is 5.82 Å². The third-order valence-electron chi connectivity index (χ3n) is 1.60. The molecule has 0 aliphatic heterocycles. The number of halogens is 3. The van der Waals surface area contributed by atoms with Crippen LogP contribution in [0.15, 0.2) is 11.0 Å². The summed E-state index contributed by atoms with van der Waals surface area (Å²) in [7, 11) is 0. The molecule has 0 fully saturated rings. The van der Waals surface area contributed by atoms with Crippen LogP contribution >= 0.6 is 12.6 Å². The molecule has 0 aromatic heterocycles. The SMILES string of the molecule is CCc1c(F)cc(F)c(F)c1S. The fourth-order valence-electron chi connectivity index (χ4n) is 0.957. The average molecular weight is 192 g/mol. The zero-order chi connectivity index (χ0) is 9.30. The fourth-order valence-corrected chi connectivity index (χ4v) is 1.33. The van der Waals surface area contributed by atoms with Gasteiger partial charge >= 0.3 is 0 Å². The summed E-state index contributed by atoms with van der Waals surface area (Å²) in [4.78, 5) is -0.241. The van der Waals surface area contributed by atoms with Gasteiger partial charge in [-0.05, 0) is 6.42 Å². The molecule has 0 saturated carbocycles. The lowest BCUT2D eigenvalue weighted by Crippen LogP contribution is -1.97. The molecule has 1 aromatic carbocycles. The van der Waals surface area contributed by atoms with Gasteiger partial charge in [-0.25, -0.2) is 13.2 Å². The van der Waals surface area contributed by atoms with Crippen LogP contribution in [0.2, 0.25) is 0 Å². The van der Waals surface area contributed by atoms with E-state index in [1.807, 2.05) is 0 Å². The van der Waals surface area contributed by atoms with E-state index in [9.17, 15) is 13.2 Å². The van der Waals surface area contributed by atoms with Crippen LogP contribution in [0.4, 0.5) is 13.2 Å². The van der Waals surface area contributed by atoms with E-state index in [4.69, 9.17) is 0 Å². The Labute approximate surface area is 73.8 Å². The van der Waals surface area contributed by atoms with E-state index in [1.165, 1.54) is 0 Å². The van der Waals surface area contributed by atoms with Gasteiger partial charge in [-0.15, -0.1) is 12.6 Å². The largest absolute Gasteiger partial charge is 0.207 e. The highest BCUT2D eigenvalue weighted by Gasteiger charge is 2.14. The van der Waals surface area contributed by atoms with Gasteiger partial charge in [-0.2, -0.15) is 0 Å². The first kappa shape index (κ1) is 9.45. The summed E-state index contributed by atoms with van der Waals surface area (Å²) in [5.41, 5.74) is 0.109. The highest BCUT2D eigenvalue weighted by Crippen LogP contribution is 2.23. The predicted molar refractivity (Wildman–Crippen MR) is 42.9 cm³/mol. The topological polar surface area (TPSA) is 0 Å². The van der Waals surface area contributed by atoms with Gasteiger partial charge in [0.05, 0.1) is 0 Å². The third-order valence-corrected chi connectivity index (χ3v) is 2.06. The van der Waals surface area contributed by atoms with E-state index >= 15 is 0 Å². The van der Waals surface area contributed by atoms with E-state index in [-0.39, 0.29) is 10.5 Å². The molecule has 4 heteroatoms. The van der Waals surface area contributed by atoms with Crippen LogP contribution in [0.3, 0.4) is 0 Å². The summed E-state index contributed by atoms with van der Waals surface area (Å²) in [6.45, 7) is 1.65. The molecule has 1 aromatic rings. The first-order valence-corrected chi connectivity index (χ1v) is 3.88. The Morgan fingerprint density at radius 1 is 1.25 bits per heavy atom. The minimum absolute atomic E-state index is 0.109. The maximum Gasteiger partial charge on any atom is 0.172 e. The molecule has 0 aliphatic carbocycles. The highest BCUT2D eigenvalue weighted by atomic mass is 32.1. The lowest BCUT2D eigenvalue weighted by atomic mass is 10.1. The van der Waals surface area contributed by atoms with E-state index in [2.05, 4.69) is 12.6 Å². The van der Waals surface area contributed by atoms with E-state index < -0.39 is 17.5 Å². The maximum atomic E-state index is 12.8. The van der Waals surface area contributed by atoms with E-state index in [1.54, 1.807) is 6.92 Å². The second-order valence-corrected chi connectivity index (χ2v) is 2.78. The summed E-state index contributed by atoms with van der Waals surface area (Å²) in [5.74, 6) is -3.03.